The Hall–Kier alpha value is -2.80. The molecule has 0 atom stereocenters. The normalized spacial score (nSPS) is 10.6. The van der Waals surface area contributed by atoms with Gasteiger partial charge in [-0.05, 0) is 36.4 Å². The molecule has 3 rings (SSSR count). The van der Waals surface area contributed by atoms with E-state index < -0.39 is 17.5 Å². The van der Waals surface area contributed by atoms with Crippen molar-refractivity contribution in [2.75, 3.05) is 0 Å². The average molecular weight is 347 g/mol. The quantitative estimate of drug-likeness (QED) is 0.715. The van der Waals surface area contributed by atoms with Crippen molar-refractivity contribution in [3.05, 3.63) is 81.4 Å². The molecular weight excluding hydrogens is 336 g/mol. The van der Waals surface area contributed by atoms with Crippen molar-refractivity contribution in [3.63, 3.8) is 0 Å². The van der Waals surface area contributed by atoms with E-state index in [9.17, 15) is 18.4 Å². The summed E-state index contributed by atoms with van der Waals surface area (Å²) < 4.78 is 31.4. The molecule has 2 aromatic heterocycles. The summed E-state index contributed by atoms with van der Waals surface area (Å²) >= 11 is 1.21. The van der Waals surface area contributed by atoms with Gasteiger partial charge >= 0.3 is 0 Å². The molecule has 0 bridgehead atoms. The van der Waals surface area contributed by atoms with Crippen molar-refractivity contribution in [1.29, 1.82) is 0 Å². The van der Waals surface area contributed by atoms with Gasteiger partial charge in [-0.25, -0.2) is 8.78 Å². The number of ketones is 1. The van der Waals surface area contributed by atoms with Crippen molar-refractivity contribution in [3.8, 4) is 0 Å². The second-order valence-corrected chi connectivity index (χ2v) is 6.05. The van der Waals surface area contributed by atoms with E-state index >= 15 is 0 Å². The van der Waals surface area contributed by atoms with Gasteiger partial charge in [-0.3, -0.25) is 9.59 Å². The lowest BCUT2D eigenvalue weighted by Crippen LogP contribution is -2.23. The minimum absolute atomic E-state index is 0.131. The molecule has 7 heteroatoms. The second kappa shape index (κ2) is 6.76. The monoisotopic (exact) mass is 347 g/mol. The number of carbonyl (C=O) groups is 2. The van der Waals surface area contributed by atoms with E-state index in [4.69, 9.17) is 4.42 Å². The van der Waals surface area contributed by atoms with Crippen molar-refractivity contribution in [2.24, 2.45) is 0 Å². The van der Waals surface area contributed by atoms with Gasteiger partial charge in [0.15, 0.2) is 5.76 Å². The molecule has 0 saturated heterocycles. The highest BCUT2D eigenvalue weighted by Crippen LogP contribution is 2.20. The van der Waals surface area contributed by atoms with E-state index in [2.05, 4.69) is 5.32 Å². The number of amides is 1. The third-order valence-corrected chi connectivity index (χ3v) is 4.31. The largest absolute Gasteiger partial charge is 0.461 e. The Balaban J connectivity index is 1.65. The van der Waals surface area contributed by atoms with Crippen LogP contribution >= 0.6 is 11.3 Å². The fraction of sp³-hybridized carbons (Fsp3) is 0.0588. The van der Waals surface area contributed by atoms with Gasteiger partial charge in [0.25, 0.3) is 5.91 Å². The second-order valence-electron chi connectivity index (χ2n) is 4.88. The van der Waals surface area contributed by atoms with Gasteiger partial charge in [0.05, 0.1) is 23.2 Å². The zero-order chi connectivity index (χ0) is 17.1. The molecule has 0 aliphatic carbocycles. The van der Waals surface area contributed by atoms with Crippen LogP contribution < -0.4 is 5.32 Å². The summed E-state index contributed by atoms with van der Waals surface area (Å²) in [5.74, 6) is -2.33. The predicted octanol–water partition coefficient (Wildman–Crippen LogP) is 3.78. The zero-order valence-corrected chi connectivity index (χ0v) is 13.0. The molecule has 0 aliphatic heterocycles. The van der Waals surface area contributed by atoms with E-state index in [1.54, 1.807) is 24.3 Å². The van der Waals surface area contributed by atoms with Crippen LogP contribution in [-0.4, -0.2) is 11.7 Å². The minimum Gasteiger partial charge on any atom is -0.461 e. The summed E-state index contributed by atoms with van der Waals surface area (Å²) in [6.07, 6.45) is 1.42. The van der Waals surface area contributed by atoms with E-state index in [1.807, 2.05) is 0 Å². The maximum atomic E-state index is 13.5. The first kappa shape index (κ1) is 16.1. The Kier molecular flexibility index (Phi) is 4.52. The number of thiophene rings is 1. The Bertz CT molecular complexity index is 887. The summed E-state index contributed by atoms with van der Waals surface area (Å²) in [7, 11) is 0. The zero-order valence-electron chi connectivity index (χ0n) is 12.2. The number of furan rings is 1. The fourth-order valence-corrected chi connectivity index (χ4v) is 2.95. The number of carbonyl (C=O) groups excluding carboxylic acids is 2. The molecule has 0 radical (unpaired) electrons. The summed E-state index contributed by atoms with van der Waals surface area (Å²) in [6.45, 7) is 0.131. The maximum absolute atomic E-state index is 13.5. The predicted molar refractivity (Wildman–Crippen MR) is 84.0 cm³/mol. The molecule has 0 fully saturated rings. The number of benzene rings is 1. The van der Waals surface area contributed by atoms with Crippen molar-refractivity contribution >= 4 is 23.0 Å². The molecule has 0 aliphatic rings. The standard InChI is InChI=1S/C17H11F2NO3S/c18-10-3-5-12(13(19)8-10)17(22)20-9-11-4-6-15(24-11)16(21)14-2-1-7-23-14/h1-8H,9H2,(H,20,22). The van der Waals surface area contributed by atoms with E-state index in [0.29, 0.717) is 10.9 Å². The summed E-state index contributed by atoms with van der Waals surface area (Å²) in [5.41, 5.74) is -0.236. The highest BCUT2D eigenvalue weighted by Gasteiger charge is 2.16. The summed E-state index contributed by atoms with van der Waals surface area (Å²) in [4.78, 5) is 25.2. The van der Waals surface area contributed by atoms with E-state index in [1.165, 1.54) is 17.6 Å². The van der Waals surface area contributed by atoms with E-state index in [0.717, 1.165) is 17.0 Å². The van der Waals surface area contributed by atoms with Crippen LogP contribution in [0.4, 0.5) is 8.78 Å². The van der Waals surface area contributed by atoms with Gasteiger partial charge in [0.2, 0.25) is 5.78 Å². The Labute approximate surface area is 139 Å². The lowest BCUT2D eigenvalue weighted by molar-refractivity contribution is 0.0946. The molecule has 122 valence electrons. The van der Waals surface area contributed by atoms with Crippen LogP contribution in [-0.2, 0) is 6.54 Å². The van der Waals surface area contributed by atoms with Gasteiger partial charge in [-0.1, -0.05) is 0 Å². The molecular formula is C17H11F2NO3S. The molecule has 0 saturated carbocycles. The van der Waals surface area contributed by atoms with Crippen molar-refractivity contribution in [1.82, 2.24) is 5.32 Å². The Morgan fingerprint density at radius 1 is 1.12 bits per heavy atom. The number of halogens is 2. The molecule has 4 nitrogen and oxygen atoms in total. The van der Waals surface area contributed by atoms with Gasteiger partial charge in [0.1, 0.15) is 11.6 Å². The molecule has 1 aromatic carbocycles. The topological polar surface area (TPSA) is 59.3 Å². The van der Waals surface area contributed by atoms with Crippen LogP contribution in [0.25, 0.3) is 0 Å². The molecule has 24 heavy (non-hydrogen) atoms. The number of rotatable bonds is 5. The molecule has 3 aromatic rings. The first-order chi connectivity index (χ1) is 11.5. The van der Waals surface area contributed by atoms with Crippen LogP contribution in [0.5, 0.6) is 0 Å². The first-order valence-corrected chi connectivity index (χ1v) is 7.76. The van der Waals surface area contributed by atoms with Crippen molar-refractivity contribution in [2.45, 2.75) is 6.54 Å². The van der Waals surface area contributed by atoms with Crippen LogP contribution in [0.15, 0.2) is 53.1 Å². The van der Waals surface area contributed by atoms with Gasteiger partial charge in [-0.15, -0.1) is 11.3 Å². The molecule has 0 unspecified atom stereocenters. The fourth-order valence-electron chi connectivity index (χ4n) is 2.06. The number of nitrogens with one attached hydrogen (secondary N) is 1. The molecule has 1 N–H and O–H groups in total. The van der Waals surface area contributed by atoms with Gasteiger partial charge in [0, 0.05) is 10.9 Å². The average Bonchev–Trinajstić information content (AvgIpc) is 3.24. The molecule has 0 spiro atoms. The van der Waals surface area contributed by atoms with Gasteiger partial charge in [-0.2, -0.15) is 0 Å². The van der Waals surface area contributed by atoms with Crippen LogP contribution in [0.3, 0.4) is 0 Å². The van der Waals surface area contributed by atoms with Crippen LogP contribution in [0.1, 0.15) is 30.7 Å². The summed E-state index contributed by atoms with van der Waals surface area (Å²) in [6, 6.07) is 9.28. The molecule has 1 amide bonds. The third kappa shape index (κ3) is 3.41. The van der Waals surface area contributed by atoms with Crippen molar-refractivity contribution < 1.29 is 22.8 Å². The highest BCUT2D eigenvalue weighted by atomic mass is 32.1. The minimum atomic E-state index is -0.924. The smallest absolute Gasteiger partial charge is 0.254 e. The lowest BCUT2D eigenvalue weighted by atomic mass is 10.2. The summed E-state index contributed by atoms with van der Waals surface area (Å²) in [5, 5.41) is 2.54. The maximum Gasteiger partial charge on any atom is 0.254 e. The number of hydrogen-bond acceptors (Lipinski definition) is 4. The Morgan fingerprint density at radius 2 is 1.96 bits per heavy atom. The van der Waals surface area contributed by atoms with Crippen LogP contribution in [0.2, 0.25) is 0 Å². The van der Waals surface area contributed by atoms with Crippen LogP contribution in [0, 0.1) is 11.6 Å². The van der Waals surface area contributed by atoms with E-state index in [-0.39, 0.29) is 23.7 Å². The number of hydrogen-bond donors (Lipinski definition) is 1. The lowest BCUT2D eigenvalue weighted by Gasteiger charge is -2.04. The van der Waals surface area contributed by atoms with Gasteiger partial charge < -0.3 is 9.73 Å². The third-order valence-electron chi connectivity index (χ3n) is 3.23. The highest BCUT2D eigenvalue weighted by molar-refractivity contribution is 7.14. The first-order valence-electron chi connectivity index (χ1n) is 6.95. The Morgan fingerprint density at radius 3 is 2.67 bits per heavy atom. The molecule has 2 heterocycles. The SMILES string of the molecule is O=C(c1ccco1)c1ccc(CNC(=O)c2ccc(F)cc2F)s1.